The van der Waals surface area contributed by atoms with E-state index in [4.69, 9.17) is 9.52 Å². The van der Waals surface area contributed by atoms with Crippen molar-refractivity contribution in [3.8, 4) is 11.3 Å². The van der Waals surface area contributed by atoms with Crippen LogP contribution < -0.4 is 5.32 Å². The molecule has 0 aliphatic carbocycles. The number of hydrogen-bond acceptors (Lipinski definition) is 4. The van der Waals surface area contributed by atoms with Gasteiger partial charge in [0.25, 0.3) is 5.91 Å². The van der Waals surface area contributed by atoms with Crippen LogP contribution in [0.1, 0.15) is 17.0 Å². The number of hydrogen-bond donors (Lipinski definition) is 2. The van der Waals surface area contributed by atoms with Crippen LogP contribution in [-0.4, -0.2) is 35.7 Å². The molecule has 4 nitrogen and oxygen atoms in total. The van der Waals surface area contributed by atoms with Crippen molar-refractivity contribution >= 4 is 17.7 Å². The Hall–Kier alpha value is -1.79. The minimum atomic E-state index is -0.385. The molecule has 6 heteroatoms. The third-order valence-corrected chi connectivity index (χ3v) is 4.02. The number of amides is 1. The first-order valence-corrected chi connectivity index (χ1v) is 8.19. The Kier molecular flexibility index (Phi) is 6.48. The summed E-state index contributed by atoms with van der Waals surface area (Å²) in [5, 5.41) is 11.4. The normalized spacial score (nSPS) is 10.6. The molecule has 0 unspecified atom stereocenters. The highest BCUT2D eigenvalue weighted by atomic mass is 32.2. The molecule has 1 aromatic carbocycles. The number of aliphatic hydroxyl groups excluding tert-OH is 1. The zero-order chi connectivity index (χ0) is 15.8. The Morgan fingerprint density at radius 2 is 2.05 bits per heavy atom. The van der Waals surface area contributed by atoms with E-state index in [9.17, 15) is 9.18 Å². The van der Waals surface area contributed by atoms with Crippen molar-refractivity contribution in [3.63, 3.8) is 0 Å². The van der Waals surface area contributed by atoms with E-state index in [2.05, 4.69) is 5.32 Å². The Bertz CT molecular complexity index is 615. The van der Waals surface area contributed by atoms with Crippen molar-refractivity contribution in [2.24, 2.45) is 0 Å². The predicted molar refractivity (Wildman–Crippen MR) is 85.5 cm³/mol. The number of furan rings is 1. The zero-order valence-corrected chi connectivity index (χ0v) is 12.9. The summed E-state index contributed by atoms with van der Waals surface area (Å²) in [6.07, 6.45) is 0.753. The molecule has 0 radical (unpaired) electrons. The Labute approximate surface area is 132 Å². The molecular weight excluding hydrogens is 305 g/mol. The van der Waals surface area contributed by atoms with Crippen LogP contribution >= 0.6 is 11.8 Å². The lowest BCUT2D eigenvalue weighted by Crippen LogP contribution is -2.25. The van der Waals surface area contributed by atoms with Crippen LogP contribution in [0.25, 0.3) is 11.3 Å². The Morgan fingerprint density at radius 3 is 2.82 bits per heavy atom. The van der Waals surface area contributed by atoms with Gasteiger partial charge in [0.2, 0.25) is 0 Å². The largest absolute Gasteiger partial charge is 0.451 e. The first kappa shape index (κ1) is 16.6. The van der Waals surface area contributed by atoms with Gasteiger partial charge in [0, 0.05) is 18.9 Å². The van der Waals surface area contributed by atoms with Crippen molar-refractivity contribution in [3.05, 3.63) is 48.0 Å². The highest BCUT2D eigenvalue weighted by Gasteiger charge is 2.13. The van der Waals surface area contributed by atoms with Crippen molar-refractivity contribution in [2.75, 3.05) is 24.7 Å². The molecule has 1 aromatic heterocycles. The van der Waals surface area contributed by atoms with Gasteiger partial charge in [0.1, 0.15) is 11.6 Å². The van der Waals surface area contributed by atoms with E-state index in [1.165, 1.54) is 12.1 Å². The number of rotatable bonds is 8. The lowest BCUT2D eigenvalue weighted by atomic mass is 10.1. The van der Waals surface area contributed by atoms with Crippen molar-refractivity contribution in [2.45, 2.75) is 6.42 Å². The second kappa shape index (κ2) is 8.60. The standard InChI is InChI=1S/C16H18FNO3S/c17-13-5-2-1-4-12(13)14-6-7-15(21-14)16(20)18-8-11-22-10-3-9-19/h1-2,4-7,19H,3,8-11H2,(H,18,20). The van der Waals surface area contributed by atoms with Gasteiger partial charge in [0.05, 0.1) is 5.56 Å². The average molecular weight is 323 g/mol. The van der Waals surface area contributed by atoms with Crippen LogP contribution in [0.15, 0.2) is 40.8 Å². The summed E-state index contributed by atoms with van der Waals surface area (Å²) in [7, 11) is 0. The summed E-state index contributed by atoms with van der Waals surface area (Å²) in [5.41, 5.74) is 0.334. The fourth-order valence-electron chi connectivity index (χ4n) is 1.86. The van der Waals surface area contributed by atoms with Gasteiger partial charge in [-0.05, 0) is 36.4 Å². The van der Waals surface area contributed by atoms with Gasteiger partial charge in [-0.25, -0.2) is 4.39 Å². The molecule has 0 spiro atoms. The van der Waals surface area contributed by atoms with E-state index < -0.39 is 0 Å². The lowest BCUT2D eigenvalue weighted by Gasteiger charge is -2.03. The highest BCUT2D eigenvalue weighted by molar-refractivity contribution is 7.99. The molecule has 0 aliphatic rings. The number of aliphatic hydroxyl groups is 1. The predicted octanol–water partition coefficient (Wildman–Crippen LogP) is 2.93. The van der Waals surface area contributed by atoms with E-state index in [0.717, 1.165) is 17.9 Å². The molecule has 2 N–H and O–H groups in total. The van der Waals surface area contributed by atoms with E-state index in [1.54, 1.807) is 36.0 Å². The van der Waals surface area contributed by atoms with Crippen molar-refractivity contribution in [1.82, 2.24) is 5.32 Å². The fraction of sp³-hybridized carbons (Fsp3) is 0.312. The number of halogens is 1. The maximum Gasteiger partial charge on any atom is 0.287 e. The summed E-state index contributed by atoms with van der Waals surface area (Å²) in [4.78, 5) is 11.9. The third-order valence-electron chi connectivity index (χ3n) is 2.95. The molecule has 0 atom stereocenters. The van der Waals surface area contributed by atoms with Crippen molar-refractivity contribution in [1.29, 1.82) is 0 Å². The maximum atomic E-state index is 13.7. The minimum Gasteiger partial charge on any atom is -0.451 e. The smallest absolute Gasteiger partial charge is 0.287 e. The topological polar surface area (TPSA) is 62.5 Å². The van der Waals surface area contributed by atoms with Gasteiger partial charge >= 0.3 is 0 Å². The van der Waals surface area contributed by atoms with Crippen LogP contribution in [0, 0.1) is 5.82 Å². The second-order valence-corrected chi connectivity index (χ2v) is 5.81. The molecule has 0 aliphatic heterocycles. The third kappa shape index (κ3) is 4.61. The van der Waals surface area contributed by atoms with Gasteiger partial charge in [-0.1, -0.05) is 12.1 Å². The first-order chi connectivity index (χ1) is 10.7. The maximum absolute atomic E-state index is 13.7. The number of nitrogens with one attached hydrogen (secondary N) is 1. The quantitative estimate of drug-likeness (QED) is 0.733. The Balaban J connectivity index is 1.86. The Morgan fingerprint density at radius 1 is 1.23 bits per heavy atom. The van der Waals surface area contributed by atoms with Crippen LogP contribution in [0.2, 0.25) is 0 Å². The lowest BCUT2D eigenvalue weighted by molar-refractivity contribution is 0.0929. The van der Waals surface area contributed by atoms with Gasteiger partial charge in [-0.3, -0.25) is 4.79 Å². The highest BCUT2D eigenvalue weighted by Crippen LogP contribution is 2.24. The van der Waals surface area contributed by atoms with Crippen LogP contribution in [0.4, 0.5) is 4.39 Å². The number of carbonyl (C=O) groups excluding carboxylic acids is 1. The van der Waals surface area contributed by atoms with Gasteiger partial charge in [0.15, 0.2) is 5.76 Å². The van der Waals surface area contributed by atoms with E-state index >= 15 is 0 Å². The number of benzene rings is 1. The summed E-state index contributed by atoms with van der Waals surface area (Å²) in [6.45, 7) is 0.704. The van der Waals surface area contributed by atoms with E-state index in [1.807, 2.05) is 0 Å². The molecule has 22 heavy (non-hydrogen) atoms. The molecule has 2 aromatic rings. The zero-order valence-electron chi connectivity index (χ0n) is 12.0. The molecule has 0 saturated heterocycles. The summed E-state index contributed by atoms with van der Waals surface area (Å²) >= 11 is 1.66. The molecule has 0 saturated carbocycles. The molecule has 1 amide bonds. The summed E-state index contributed by atoms with van der Waals surface area (Å²) in [5.74, 6) is 1.44. The molecule has 2 rings (SSSR count). The fourth-order valence-corrected chi connectivity index (χ4v) is 2.64. The number of thioether (sulfide) groups is 1. The van der Waals surface area contributed by atoms with E-state index in [0.29, 0.717) is 17.9 Å². The van der Waals surface area contributed by atoms with Gasteiger partial charge < -0.3 is 14.8 Å². The molecule has 118 valence electrons. The van der Waals surface area contributed by atoms with Crippen LogP contribution in [0.5, 0.6) is 0 Å². The number of carbonyl (C=O) groups is 1. The first-order valence-electron chi connectivity index (χ1n) is 7.04. The van der Waals surface area contributed by atoms with Crippen molar-refractivity contribution < 1.29 is 18.7 Å². The van der Waals surface area contributed by atoms with Gasteiger partial charge in [-0.2, -0.15) is 11.8 Å². The van der Waals surface area contributed by atoms with Crippen LogP contribution in [0.3, 0.4) is 0 Å². The van der Waals surface area contributed by atoms with Gasteiger partial charge in [-0.15, -0.1) is 0 Å². The average Bonchev–Trinajstić information content (AvgIpc) is 3.01. The summed E-state index contributed by atoms with van der Waals surface area (Å²) in [6, 6.07) is 9.39. The second-order valence-electron chi connectivity index (χ2n) is 4.59. The molecule has 0 bridgehead atoms. The molecule has 1 heterocycles. The molecular formula is C16H18FNO3S. The minimum absolute atomic E-state index is 0.165. The molecule has 0 fully saturated rings. The van der Waals surface area contributed by atoms with Crippen LogP contribution in [-0.2, 0) is 0 Å². The van der Waals surface area contributed by atoms with E-state index in [-0.39, 0.29) is 24.1 Å². The SMILES string of the molecule is O=C(NCCSCCCO)c1ccc(-c2ccccc2F)o1. The monoisotopic (exact) mass is 323 g/mol. The summed E-state index contributed by atoms with van der Waals surface area (Å²) < 4.78 is 19.1.